The molecule has 2 saturated heterocycles. The first kappa shape index (κ1) is 17.1. The molecule has 7 heteroatoms. The van der Waals surface area contributed by atoms with Crippen molar-refractivity contribution < 1.29 is 14.3 Å². The average Bonchev–Trinajstić information content (AvgIpc) is 2.68. The van der Waals surface area contributed by atoms with Crippen LogP contribution >= 0.6 is 0 Å². The second kappa shape index (κ2) is 7.15. The zero-order chi connectivity index (χ0) is 18.0. The van der Waals surface area contributed by atoms with Gasteiger partial charge in [0.2, 0.25) is 5.91 Å². The quantitative estimate of drug-likeness (QED) is 0.755. The molecule has 4 rings (SSSR count). The molecule has 26 heavy (non-hydrogen) atoms. The van der Waals surface area contributed by atoms with Crippen molar-refractivity contribution in [3.8, 4) is 0 Å². The van der Waals surface area contributed by atoms with Crippen LogP contribution in [0.1, 0.15) is 25.7 Å². The summed E-state index contributed by atoms with van der Waals surface area (Å²) in [5.74, 6) is 0.404. The van der Waals surface area contributed by atoms with Gasteiger partial charge in [-0.05, 0) is 43.7 Å². The maximum Gasteiger partial charge on any atom is 0.317 e. The highest BCUT2D eigenvalue weighted by atomic mass is 16.5. The molecule has 3 N–H and O–H groups in total. The van der Waals surface area contributed by atoms with Gasteiger partial charge in [-0.3, -0.25) is 4.79 Å². The van der Waals surface area contributed by atoms with E-state index >= 15 is 0 Å². The molecule has 2 fully saturated rings. The van der Waals surface area contributed by atoms with Crippen molar-refractivity contribution in [2.24, 2.45) is 5.92 Å². The summed E-state index contributed by atoms with van der Waals surface area (Å²) in [6.45, 7) is 3.35. The zero-order valence-electron chi connectivity index (χ0n) is 14.9. The minimum absolute atomic E-state index is 0.00406. The van der Waals surface area contributed by atoms with Crippen molar-refractivity contribution in [2.45, 2.75) is 31.2 Å². The fourth-order valence-electron chi connectivity index (χ4n) is 4.01. The number of anilines is 2. The number of piperidine rings is 1. The molecule has 0 bridgehead atoms. The minimum atomic E-state index is -0.623. The van der Waals surface area contributed by atoms with Crippen molar-refractivity contribution >= 4 is 23.3 Å². The third-order valence-electron chi connectivity index (χ3n) is 5.68. The van der Waals surface area contributed by atoms with E-state index in [1.165, 1.54) is 0 Å². The lowest BCUT2D eigenvalue weighted by molar-refractivity contribution is -0.121. The molecule has 1 aromatic carbocycles. The number of amides is 3. The molecule has 3 aliphatic heterocycles. The molecular weight excluding hydrogens is 332 g/mol. The van der Waals surface area contributed by atoms with E-state index in [9.17, 15) is 9.59 Å². The van der Waals surface area contributed by atoms with Gasteiger partial charge in [0.15, 0.2) is 0 Å². The standard InChI is InChI=1S/C19H26N4O3/c24-17-19(22-16-6-2-1-5-15(16)21-17)7-9-23(10-8-19)18(25)20-12-14-4-3-11-26-13-14/h1-2,5-6,14,22H,3-4,7-13H2,(H,20,25)(H,21,24). The lowest BCUT2D eigenvalue weighted by Crippen LogP contribution is -2.60. The fraction of sp³-hybridized carbons (Fsp3) is 0.579. The van der Waals surface area contributed by atoms with Crippen LogP contribution in [0, 0.1) is 5.92 Å². The summed E-state index contributed by atoms with van der Waals surface area (Å²) in [5, 5.41) is 9.44. The highest BCUT2D eigenvalue weighted by molar-refractivity contribution is 6.06. The SMILES string of the molecule is O=C(NCC1CCCOC1)N1CCC2(CC1)Nc1ccccc1NC2=O. The summed E-state index contributed by atoms with van der Waals surface area (Å²) in [7, 11) is 0. The van der Waals surface area contributed by atoms with Crippen molar-refractivity contribution in [1.82, 2.24) is 10.2 Å². The lowest BCUT2D eigenvalue weighted by Gasteiger charge is -2.44. The highest BCUT2D eigenvalue weighted by Gasteiger charge is 2.45. The number of para-hydroxylation sites is 2. The van der Waals surface area contributed by atoms with Gasteiger partial charge in [0.25, 0.3) is 0 Å². The molecule has 0 radical (unpaired) electrons. The molecular formula is C19H26N4O3. The Kier molecular flexibility index (Phi) is 4.72. The number of rotatable bonds is 2. The maximum atomic E-state index is 12.6. The van der Waals surface area contributed by atoms with E-state index in [2.05, 4.69) is 16.0 Å². The molecule has 3 aliphatic rings. The van der Waals surface area contributed by atoms with Crippen LogP contribution in [0.2, 0.25) is 0 Å². The van der Waals surface area contributed by atoms with E-state index in [4.69, 9.17) is 4.74 Å². The van der Waals surface area contributed by atoms with Gasteiger partial charge in [-0.15, -0.1) is 0 Å². The number of nitrogens with zero attached hydrogens (tertiary/aromatic N) is 1. The largest absolute Gasteiger partial charge is 0.381 e. The van der Waals surface area contributed by atoms with E-state index in [1.807, 2.05) is 29.2 Å². The van der Waals surface area contributed by atoms with Crippen LogP contribution < -0.4 is 16.0 Å². The zero-order valence-corrected chi connectivity index (χ0v) is 14.9. The molecule has 3 amide bonds. The van der Waals surface area contributed by atoms with E-state index < -0.39 is 5.54 Å². The Morgan fingerprint density at radius 3 is 2.77 bits per heavy atom. The molecule has 140 valence electrons. The Labute approximate surface area is 153 Å². The van der Waals surface area contributed by atoms with Crippen LogP contribution in [0.3, 0.4) is 0 Å². The molecule has 1 aromatic rings. The summed E-state index contributed by atoms with van der Waals surface area (Å²) >= 11 is 0. The Morgan fingerprint density at radius 1 is 1.27 bits per heavy atom. The second-order valence-corrected chi connectivity index (χ2v) is 7.46. The summed E-state index contributed by atoms with van der Waals surface area (Å²) in [4.78, 5) is 26.9. The number of hydrogen-bond acceptors (Lipinski definition) is 4. The Morgan fingerprint density at radius 2 is 2.04 bits per heavy atom. The molecule has 3 heterocycles. The van der Waals surface area contributed by atoms with Crippen LogP contribution in [0.15, 0.2) is 24.3 Å². The lowest BCUT2D eigenvalue weighted by atomic mass is 9.84. The van der Waals surface area contributed by atoms with Gasteiger partial charge < -0.3 is 25.6 Å². The second-order valence-electron chi connectivity index (χ2n) is 7.46. The monoisotopic (exact) mass is 358 g/mol. The van der Waals surface area contributed by atoms with E-state index in [1.54, 1.807) is 0 Å². The highest BCUT2D eigenvalue weighted by Crippen LogP contribution is 2.36. The molecule has 1 spiro atoms. The minimum Gasteiger partial charge on any atom is -0.381 e. The van der Waals surface area contributed by atoms with Crippen molar-refractivity contribution in [1.29, 1.82) is 0 Å². The first-order valence-corrected chi connectivity index (χ1v) is 9.45. The smallest absolute Gasteiger partial charge is 0.317 e. The van der Waals surface area contributed by atoms with Gasteiger partial charge in [0.05, 0.1) is 18.0 Å². The van der Waals surface area contributed by atoms with E-state index in [0.717, 1.165) is 37.4 Å². The summed E-state index contributed by atoms with van der Waals surface area (Å²) in [5.41, 5.74) is 1.14. The summed E-state index contributed by atoms with van der Waals surface area (Å²) < 4.78 is 5.46. The van der Waals surface area contributed by atoms with Crippen LogP contribution in [0.5, 0.6) is 0 Å². The van der Waals surface area contributed by atoms with Gasteiger partial charge in [0, 0.05) is 26.2 Å². The average molecular weight is 358 g/mol. The Bertz CT molecular complexity index is 679. The van der Waals surface area contributed by atoms with Gasteiger partial charge in [-0.2, -0.15) is 0 Å². The van der Waals surface area contributed by atoms with Crippen LogP contribution in [0.4, 0.5) is 16.2 Å². The molecule has 1 unspecified atom stereocenters. The Hall–Kier alpha value is -2.28. The number of fused-ring (bicyclic) bond motifs is 1. The number of carbonyl (C=O) groups excluding carboxylic acids is 2. The number of hydrogen-bond donors (Lipinski definition) is 3. The predicted octanol–water partition coefficient (Wildman–Crippen LogP) is 2.02. The summed E-state index contributed by atoms with van der Waals surface area (Å²) in [6, 6.07) is 7.69. The van der Waals surface area contributed by atoms with E-state index in [0.29, 0.717) is 38.4 Å². The molecule has 0 aromatic heterocycles. The molecule has 0 saturated carbocycles. The van der Waals surface area contributed by atoms with Crippen molar-refractivity contribution in [3.05, 3.63) is 24.3 Å². The normalized spacial score (nSPS) is 24.4. The maximum absolute atomic E-state index is 12.6. The van der Waals surface area contributed by atoms with Crippen LogP contribution in [-0.4, -0.2) is 55.2 Å². The number of benzene rings is 1. The molecule has 7 nitrogen and oxygen atoms in total. The third kappa shape index (κ3) is 3.35. The molecule has 0 aliphatic carbocycles. The summed E-state index contributed by atoms with van der Waals surface area (Å²) in [6.07, 6.45) is 3.38. The van der Waals surface area contributed by atoms with Crippen molar-refractivity contribution in [3.63, 3.8) is 0 Å². The number of likely N-dealkylation sites (tertiary alicyclic amines) is 1. The number of nitrogens with one attached hydrogen (secondary N) is 3. The third-order valence-corrected chi connectivity index (χ3v) is 5.68. The number of ether oxygens (including phenoxy) is 1. The first-order valence-electron chi connectivity index (χ1n) is 9.45. The number of carbonyl (C=O) groups is 2. The molecule has 1 atom stereocenters. The fourth-order valence-corrected chi connectivity index (χ4v) is 4.01. The topological polar surface area (TPSA) is 82.7 Å². The van der Waals surface area contributed by atoms with Crippen LogP contribution in [-0.2, 0) is 9.53 Å². The van der Waals surface area contributed by atoms with E-state index in [-0.39, 0.29) is 11.9 Å². The van der Waals surface area contributed by atoms with Gasteiger partial charge in [-0.1, -0.05) is 12.1 Å². The van der Waals surface area contributed by atoms with Gasteiger partial charge in [-0.25, -0.2) is 4.79 Å². The number of urea groups is 1. The predicted molar refractivity (Wildman–Crippen MR) is 99.2 cm³/mol. The van der Waals surface area contributed by atoms with Crippen LogP contribution in [0.25, 0.3) is 0 Å². The van der Waals surface area contributed by atoms with Crippen molar-refractivity contribution in [2.75, 3.05) is 43.5 Å². The Balaban J connectivity index is 1.32. The van der Waals surface area contributed by atoms with Gasteiger partial charge in [0.1, 0.15) is 5.54 Å². The van der Waals surface area contributed by atoms with Gasteiger partial charge >= 0.3 is 6.03 Å². The first-order chi connectivity index (χ1) is 12.7.